The smallest absolute Gasteiger partial charge is 0.117 e. The Morgan fingerprint density at radius 1 is 1.18 bits per heavy atom. The van der Waals surface area contributed by atoms with Gasteiger partial charge in [0.15, 0.2) is 0 Å². The minimum absolute atomic E-state index is 0.0504. The molecule has 0 saturated carbocycles. The van der Waals surface area contributed by atoms with Gasteiger partial charge in [-0.15, -0.1) is 5.10 Å². The molecule has 0 aliphatic heterocycles. The summed E-state index contributed by atoms with van der Waals surface area (Å²) in [5.41, 5.74) is 10.2. The summed E-state index contributed by atoms with van der Waals surface area (Å²) < 4.78 is 0. The van der Waals surface area contributed by atoms with Crippen LogP contribution in [0.4, 0.5) is 0 Å². The van der Waals surface area contributed by atoms with E-state index in [1.54, 1.807) is 0 Å². The zero-order chi connectivity index (χ0) is 12.3. The van der Waals surface area contributed by atoms with Crippen LogP contribution in [0.3, 0.4) is 0 Å². The number of hydrogen-bond donors (Lipinski definition) is 4. The molecule has 1 heterocycles. The highest BCUT2D eigenvalue weighted by Crippen LogP contribution is 2.24. The number of aromatic amines is 1. The summed E-state index contributed by atoms with van der Waals surface area (Å²) in [4.78, 5) is 0. The van der Waals surface area contributed by atoms with E-state index in [1.165, 1.54) is 0 Å². The third-order valence-electron chi connectivity index (χ3n) is 2.88. The van der Waals surface area contributed by atoms with Crippen LogP contribution in [0.1, 0.15) is 16.7 Å². The first-order valence-corrected chi connectivity index (χ1v) is 5.58. The van der Waals surface area contributed by atoms with Crippen LogP contribution >= 0.6 is 0 Å². The third kappa shape index (κ3) is 2.14. The van der Waals surface area contributed by atoms with E-state index in [0.29, 0.717) is 19.4 Å². The van der Waals surface area contributed by atoms with Gasteiger partial charge in [-0.2, -0.15) is 0 Å². The lowest BCUT2D eigenvalue weighted by molar-refractivity contribution is 0.293. The van der Waals surface area contributed by atoms with E-state index in [2.05, 4.69) is 15.4 Å². The Hall–Kier alpha value is -1.50. The van der Waals surface area contributed by atoms with Gasteiger partial charge >= 0.3 is 0 Å². The number of aromatic nitrogens is 3. The van der Waals surface area contributed by atoms with E-state index < -0.39 is 0 Å². The van der Waals surface area contributed by atoms with Crippen molar-refractivity contribution in [3.63, 3.8) is 0 Å². The SMILES string of the molecule is NCc1c(CCO)c(CCO)cc2[nH]nnc12. The maximum absolute atomic E-state index is 9.11. The molecular weight excluding hydrogens is 220 g/mol. The Morgan fingerprint density at radius 3 is 2.59 bits per heavy atom. The number of aliphatic hydroxyl groups is 2. The monoisotopic (exact) mass is 236 g/mol. The molecule has 0 unspecified atom stereocenters. The van der Waals surface area contributed by atoms with Crippen molar-refractivity contribution in [2.45, 2.75) is 19.4 Å². The van der Waals surface area contributed by atoms with E-state index in [-0.39, 0.29) is 13.2 Å². The maximum Gasteiger partial charge on any atom is 0.117 e. The fourth-order valence-corrected chi connectivity index (χ4v) is 2.14. The molecule has 0 fully saturated rings. The Balaban J connectivity index is 2.63. The van der Waals surface area contributed by atoms with Crippen LogP contribution in [0.2, 0.25) is 0 Å². The number of H-pyrrole nitrogens is 1. The average Bonchev–Trinajstić information content (AvgIpc) is 2.78. The molecule has 2 rings (SSSR count). The van der Waals surface area contributed by atoms with Crippen molar-refractivity contribution in [1.29, 1.82) is 0 Å². The van der Waals surface area contributed by atoms with Crippen molar-refractivity contribution >= 4 is 11.0 Å². The molecule has 0 saturated heterocycles. The molecule has 6 heteroatoms. The van der Waals surface area contributed by atoms with Crippen molar-refractivity contribution in [3.05, 3.63) is 22.8 Å². The van der Waals surface area contributed by atoms with Gasteiger partial charge in [-0.05, 0) is 35.6 Å². The first-order chi connectivity index (χ1) is 8.31. The summed E-state index contributed by atoms with van der Waals surface area (Å²) in [5.74, 6) is 0. The Bertz CT molecular complexity index is 509. The standard InChI is InChI=1S/C11H16N4O2/c12-6-9-8(2-4-17)7(1-3-16)5-10-11(9)14-15-13-10/h5,16-17H,1-4,6,12H2,(H,13,14,15). The lowest BCUT2D eigenvalue weighted by Crippen LogP contribution is -2.09. The maximum atomic E-state index is 9.11. The number of nitrogens with one attached hydrogen (secondary N) is 1. The second kappa shape index (κ2) is 5.22. The highest BCUT2D eigenvalue weighted by molar-refractivity contribution is 5.80. The summed E-state index contributed by atoms with van der Waals surface area (Å²) in [6, 6.07) is 1.91. The number of rotatable bonds is 5. The topological polar surface area (TPSA) is 108 Å². The summed E-state index contributed by atoms with van der Waals surface area (Å²) in [6.07, 6.45) is 1.06. The third-order valence-corrected chi connectivity index (χ3v) is 2.88. The first kappa shape index (κ1) is 12.0. The van der Waals surface area contributed by atoms with E-state index in [1.807, 2.05) is 6.07 Å². The highest BCUT2D eigenvalue weighted by atomic mass is 16.3. The minimum atomic E-state index is 0.0504. The number of benzene rings is 1. The van der Waals surface area contributed by atoms with Gasteiger partial charge in [0, 0.05) is 19.8 Å². The molecule has 17 heavy (non-hydrogen) atoms. The quantitative estimate of drug-likeness (QED) is 0.559. The molecule has 92 valence electrons. The molecule has 1 aromatic heterocycles. The van der Waals surface area contributed by atoms with Gasteiger partial charge in [-0.3, -0.25) is 5.10 Å². The van der Waals surface area contributed by atoms with Crippen LogP contribution in [-0.4, -0.2) is 38.8 Å². The van der Waals surface area contributed by atoms with Gasteiger partial charge in [0.2, 0.25) is 0 Å². The number of hydrogen-bond acceptors (Lipinski definition) is 5. The molecule has 0 spiro atoms. The lowest BCUT2D eigenvalue weighted by Gasteiger charge is -2.13. The zero-order valence-electron chi connectivity index (χ0n) is 9.48. The second-order valence-corrected chi connectivity index (χ2v) is 3.85. The van der Waals surface area contributed by atoms with Crippen molar-refractivity contribution in [3.8, 4) is 0 Å². The van der Waals surface area contributed by atoms with Crippen molar-refractivity contribution < 1.29 is 10.2 Å². The number of fused-ring (bicyclic) bond motifs is 1. The summed E-state index contributed by atoms with van der Waals surface area (Å²) >= 11 is 0. The van der Waals surface area contributed by atoms with Crippen molar-refractivity contribution in [1.82, 2.24) is 15.4 Å². The van der Waals surface area contributed by atoms with Crippen molar-refractivity contribution in [2.24, 2.45) is 5.73 Å². The van der Waals surface area contributed by atoms with E-state index >= 15 is 0 Å². The van der Waals surface area contributed by atoms with E-state index in [4.69, 9.17) is 15.9 Å². The fourth-order valence-electron chi connectivity index (χ4n) is 2.14. The lowest BCUT2D eigenvalue weighted by atomic mass is 9.95. The van der Waals surface area contributed by atoms with Crippen LogP contribution in [0.25, 0.3) is 11.0 Å². The van der Waals surface area contributed by atoms with E-state index in [9.17, 15) is 0 Å². The van der Waals surface area contributed by atoms with Gasteiger partial charge in [-0.1, -0.05) is 5.21 Å². The molecule has 2 aromatic rings. The molecule has 6 nitrogen and oxygen atoms in total. The summed E-state index contributed by atoms with van der Waals surface area (Å²) in [6.45, 7) is 0.460. The fraction of sp³-hybridized carbons (Fsp3) is 0.455. The minimum Gasteiger partial charge on any atom is -0.396 e. The van der Waals surface area contributed by atoms with E-state index in [0.717, 1.165) is 27.7 Å². The largest absolute Gasteiger partial charge is 0.396 e. The Kier molecular flexibility index (Phi) is 3.68. The Morgan fingerprint density at radius 2 is 1.94 bits per heavy atom. The van der Waals surface area contributed by atoms with Gasteiger partial charge in [0.1, 0.15) is 5.52 Å². The van der Waals surface area contributed by atoms with Gasteiger partial charge in [0.25, 0.3) is 0 Å². The highest BCUT2D eigenvalue weighted by Gasteiger charge is 2.14. The molecular formula is C11H16N4O2. The molecule has 0 aliphatic carbocycles. The normalized spacial score (nSPS) is 11.2. The Labute approximate surface area is 98.5 Å². The molecule has 0 atom stereocenters. The average molecular weight is 236 g/mol. The zero-order valence-corrected chi connectivity index (χ0v) is 9.48. The summed E-state index contributed by atoms with van der Waals surface area (Å²) in [7, 11) is 0. The number of nitrogens with zero attached hydrogens (tertiary/aromatic N) is 2. The predicted octanol–water partition coefficient (Wildman–Crippen LogP) is -0.514. The number of aliphatic hydroxyl groups excluding tert-OH is 2. The summed E-state index contributed by atoms with van der Waals surface area (Å²) in [5, 5.41) is 28.7. The van der Waals surface area contributed by atoms with Crippen LogP contribution in [0.15, 0.2) is 6.07 Å². The van der Waals surface area contributed by atoms with Crippen LogP contribution in [-0.2, 0) is 19.4 Å². The van der Waals surface area contributed by atoms with Crippen LogP contribution in [0.5, 0.6) is 0 Å². The van der Waals surface area contributed by atoms with Crippen molar-refractivity contribution in [2.75, 3.05) is 13.2 Å². The molecule has 0 bridgehead atoms. The molecule has 5 N–H and O–H groups in total. The first-order valence-electron chi connectivity index (χ1n) is 5.58. The molecule has 0 radical (unpaired) electrons. The van der Waals surface area contributed by atoms with Gasteiger partial charge in [-0.25, -0.2) is 0 Å². The van der Waals surface area contributed by atoms with Gasteiger partial charge in [0.05, 0.1) is 5.52 Å². The molecule has 0 aliphatic rings. The second-order valence-electron chi connectivity index (χ2n) is 3.85. The molecule has 0 amide bonds. The van der Waals surface area contributed by atoms with Crippen LogP contribution in [0, 0.1) is 0 Å². The number of nitrogens with two attached hydrogens (primary N) is 1. The molecule has 1 aromatic carbocycles. The van der Waals surface area contributed by atoms with Crippen LogP contribution < -0.4 is 5.73 Å². The predicted molar refractivity (Wildman–Crippen MR) is 63.4 cm³/mol. The van der Waals surface area contributed by atoms with Gasteiger partial charge < -0.3 is 15.9 Å².